The topological polar surface area (TPSA) is 93.8 Å². The van der Waals surface area contributed by atoms with Gasteiger partial charge in [0.05, 0.1) is 10.8 Å². The molecule has 0 bridgehead atoms. The van der Waals surface area contributed by atoms with Gasteiger partial charge in [-0.25, -0.2) is 4.98 Å². The van der Waals surface area contributed by atoms with Crippen molar-refractivity contribution in [3.05, 3.63) is 24.4 Å². The predicted octanol–water partition coefficient (Wildman–Crippen LogP) is 1.52. The zero-order valence-corrected chi connectivity index (χ0v) is 12.9. The van der Waals surface area contributed by atoms with Crippen molar-refractivity contribution >= 4 is 45.9 Å². The molecule has 0 atom stereocenters. The molecule has 0 aromatic carbocycles. The largest absolute Gasteiger partial charge is 0.374 e. The van der Waals surface area contributed by atoms with Crippen molar-refractivity contribution in [2.24, 2.45) is 0 Å². The summed E-state index contributed by atoms with van der Waals surface area (Å²) in [6, 6.07) is 5.77. The molecule has 1 amide bonds. The molecule has 2 aromatic rings. The molecule has 0 spiro atoms. The first-order chi connectivity index (χ1) is 9.74. The van der Waals surface area contributed by atoms with Crippen molar-refractivity contribution in [3.8, 4) is 0 Å². The highest BCUT2D eigenvalue weighted by Gasteiger charge is 2.06. The second-order valence-electron chi connectivity index (χ2n) is 3.56. The molecule has 9 heteroatoms. The third kappa shape index (κ3) is 5.35. The molecule has 20 heavy (non-hydrogen) atoms. The number of thioether (sulfide) groups is 2. The zero-order chi connectivity index (χ0) is 14.2. The highest BCUT2D eigenvalue weighted by molar-refractivity contribution is 8.01. The van der Waals surface area contributed by atoms with E-state index >= 15 is 0 Å². The number of nitrogens with zero attached hydrogens (tertiary/aromatic N) is 3. The van der Waals surface area contributed by atoms with Gasteiger partial charge < -0.3 is 11.1 Å². The normalized spacial score (nSPS) is 10.4. The number of nitrogens with two attached hydrogens (primary N) is 1. The third-order valence-electron chi connectivity index (χ3n) is 2.06. The van der Waals surface area contributed by atoms with Gasteiger partial charge in [-0.3, -0.25) is 4.79 Å². The molecule has 0 aliphatic heterocycles. The first-order valence-corrected chi connectivity index (χ1v) is 8.55. The van der Waals surface area contributed by atoms with Crippen molar-refractivity contribution in [1.82, 2.24) is 20.5 Å². The SMILES string of the molecule is Nc1nnc(SCC(=O)NCCSc2ccccn2)s1. The Morgan fingerprint density at radius 1 is 1.35 bits per heavy atom. The summed E-state index contributed by atoms with van der Waals surface area (Å²) in [5.74, 6) is 1.09. The molecular weight excluding hydrogens is 314 g/mol. The molecule has 6 nitrogen and oxygen atoms in total. The molecule has 0 unspecified atom stereocenters. The Balaban J connectivity index is 1.58. The van der Waals surface area contributed by atoms with E-state index in [0.29, 0.717) is 21.8 Å². The Bertz CT molecular complexity index is 548. The number of carbonyl (C=O) groups is 1. The average molecular weight is 327 g/mol. The number of hydrogen-bond acceptors (Lipinski definition) is 8. The maximum atomic E-state index is 11.6. The predicted molar refractivity (Wildman–Crippen MR) is 83.0 cm³/mol. The van der Waals surface area contributed by atoms with Crippen LogP contribution in [0, 0.1) is 0 Å². The summed E-state index contributed by atoms with van der Waals surface area (Å²) >= 11 is 4.23. The minimum absolute atomic E-state index is 0.0228. The number of amides is 1. The Morgan fingerprint density at radius 3 is 2.95 bits per heavy atom. The van der Waals surface area contributed by atoms with Crippen LogP contribution in [0.25, 0.3) is 0 Å². The van der Waals surface area contributed by atoms with Gasteiger partial charge in [-0.15, -0.1) is 22.0 Å². The van der Waals surface area contributed by atoms with Crippen LogP contribution in [0.1, 0.15) is 0 Å². The number of nitrogen functional groups attached to an aromatic ring is 1. The Morgan fingerprint density at radius 2 is 2.25 bits per heavy atom. The van der Waals surface area contributed by atoms with Gasteiger partial charge in [-0.05, 0) is 12.1 Å². The van der Waals surface area contributed by atoms with E-state index in [1.807, 2.05) is 18.2 Å². The smallest absolute Gasteiger partial charge is 0.230 e. The van der Waals surface area contributed by atoms with Crippen LogP contribution in [-0.4, -0.2) is 39.1 Å². The third-order valence-corrected chi connectivity index (χ3v) is 4.89. The molecule has 2 rings (SSSR count). The highest BCUT2D eigenvalue weighted by Crippen LogP contribution is 2.22. The Hall–Kier alpha value is -1.32. The van der Waals surface area contributed by atoms with E-state index in [1.165, 1.54) is 23.1 Å². The summed E-state index contributed by atoms with van der Waals surface area (Å²) in [5.41, 5.74) is 5.46. The van der Waals surface area contributed by atoms with E-state index in [2.05, 4.69) is 20.5 Å². The Labute approximate surface area is 129 Å². The van der Waals surface area contributed by atoms with Gasteiger partial charge >= 0.3 is 0 Å². The van der Waals surface area contributed by atoms with E-state index in [1.54, 1.807) is 18.0 Å². The first kappa shape index (κ1) is 15.1. The van der Waals surface area contributed by atoms with Gasteiger partial charge in [0.1, 0.15) is 0 Å². The lowest BCUT2D eigenvalue weighted by Crippen LogP contribution is -2.27. The molecular formula is C11H13N5OS3. The lowest BCUT2D eigenvalue weighted by molar-refractivity contribution is -0.118. The van der Waals surface area contributed by atoms with Crippen molar-refractivity contribution in [1.29, 1.82) is 0 Å². The molecule has 0 saturated carbocycles. The maximum absolute atomic E-state index is 11.6. The van der Waals surface area contributed by atoms with Gasteiger partial charge in [0, 0.05) is 18.5 Å². The van der Waals surface area contributed by atoms with Crippen LogP contribution < -0.4 is 11.1 Å². The quantitative estimate of drug-likeness (QED) is 0.588. The second-order valence-corrected chi connectivity index (χ2v) is 6.91. The van der Waals surface area contributed by atoms with Crippen molar-refractivity contribution in [2.75, 3.05) is 23.8 Å². The monoisotopic (exact) mass is 327 g/mol. The Kier molecular flexibility index (Phi) is 6.09. The lowest BCUT2D eigenvalue weighted by Gasteiger charge is -2.03. The number of pyridine rings is 1. The molecule has 0 fully saturated rings. The van der Waals surface area contributed by atoms with E-state index in [4.69, 9.17) is 5.73 Å². The molecule has 2 aromatic heterocycles. The maximum Gasteiger partial charge on any atom is 0.230 e. The van der Waals surface area contributed by atoms with E-state index in [0.717, 1.165) is 10.8 Å². The van der Waals surface area contributed by atoms with Crippen molar-refractivity contribution < 1.29 is 4.79 Å². The van der Waals surface area contributed by atoms with Crippen LogP contribution in [-0.2, 0) is 4.79 Å². The van der Waals surface area contributed by atoms with Crippen LogP contribution in [0.4, 0.5) is 5.13 Å². The summed E-state index contributed by atoms with van der Waals surface area (Å²) in [7, 11) is 0. The fourth-order valence-corrected chi connectivity index (χ4v) is 3.43. The van der Waals surface area contributed by atoms with Gasteiger partial charge in [0.15, 0.2) is 4.34 Å². The van der Waals surface area contributed by atoms with E-state index in [9.17, 15) is 4.79 Å². The van der Waals surface area contributed by atoms with Gasteiger partial charge in [-0.1, -0.05) is 29.2 Å². The number of anilines is 1. The number of aromatic nitrogens is 3. The molecule has 3 N–H and O–H groups in total. The average Bonchev–Trinajstić information content (AvgIpc) is 2.88. The number of hydrogen-bond donors (Lipinski definition) is 2. The summed E-state index contributed by atoms with van der Waals surface area (Å²) in [6.07, 6.45) is 1.76. The minimum Gasteiger partial charge on any atom is -0.374 e. The van der Waals surface area contributed by atoms with Crippen molar-refractivity contribution in [2.45, 2.75) is 9.37 Å². The summed E-state index contributed by atoms with van der Waals surface area (Å²) < 4.78 is 0.709. The minimum atomic E-state index is -0.0228. The molecule has 0 radical (unpaired) electrons. The van der Waals surface area contributed by atoms with Gasteiger partial charge in [-0.2, -0.15) is 0 Å². The van der Waals surface area contributed by atoms with Crippen LogP contribution in [0.2, 0.25) is 0 Å². The number of carbonyl (C=O) groups excluding carboxylic acids is 1. The van der Waals surface area contributed by atoms with Gasteiger partial charge in [0.25, 0.3) is 0 Å². The highest BCUT2D eigenvalue weighted by atomic mass is 32.2. The fraction of sp³-hybridized carbons (Fsp3) is 0.273. The van der Waals surface area contributed by atoms with E-state index in [-0.39, 0.29) is 5.91 Å². The zero-order valence-electron chi connectivity index (χ0n) is 10.5. The standard InChI is InChI=1S/C11H13N5OS3/c12-10-15-16-11(20-10)19-7-8(17)13-5-6-18-9-3-1-2-4-14-9/h1-4H,5-7H2,(H2,12,15)(H,13,17). The number of nitrogens with one attached hydrogen (secondary N) is 1. The second kappa shape index (κ2) is 8.08. The first-order valence-electron chi connectivity index (χ1n) is 5.76. The molecule has 2 heterocycles. The van der Waals surface area contributed by atoms with Crippen LogP contribution in [0.5, 0.6) is 0 Å². The summed E-state index contributed by atoms with van der Waals surface area (Å²) in [5, 5.41) is 11.7. The molecule has 106 valence electrons. The van der Waals surface area contributed by atoms with Crippen LogP contribution in [0.15, 0.2) is 33.8 Å². The molecule has 0 aliphatic carbocycles. The van der Waals surface area contributed by atoms with Crippen LogP contribution in [0.3, 0.4) is 0 Å². The number of rotatable bonds is 7. The lowest BCUT2D eigenvalue weighted by atomic mass is 10.5. The summed E-state index contributed by atoms with van der Waals surface area (Å²) in [4.78, 5) is 15.8. The molecule has 0 saturated heterocycles. The van der Waals surface area contributed by atoms with E-state index < -0.39 is 0 Å². The molecule has 0 aliphatic rings. The fourth-order valence-electron chi connectivity index (χ4n) is 1.24. The van der Waals surface area contributed by atoms with Crippen molar-refractivity contribution in [3.63, 3.8) is 0 Å². The summed E-state index contributed by atoms with van der Waals surface area (Å²) in [6.45, 7) is 0.610. The van der Waals surface area contributed by atoms with Crippen LogP contribution >= 0.6 is 34.9 Å². The van der Waals surface area contributed by atoms with Gasteiger partial charge in [0.2, 0.25) is 11.0 Å².